The maximum Gasteiger partial charge on any atom is 0.205 e. The second-order valence-electron chi connectivity index (χ2n) is 4.81. The van der Waals surface area contributed by atoms with Gasteiger partial charge in [-0.1, -0.05) is 0 Å². The van der Waals surface area contributed by atoms with Crippen molar-refractivity contribution in [1.29, 1.82) is 0 Å². The fourth-order valence-corrected chi connectivity index (χ4v) is 2.82. The number of hydrogen-bond acceptors (Lipinski definition) is 3. The molecule has 16 heavy (non-hydrogen) atoms. The summed E-state index contributed by atoms with van der Waals surface area (Å²) >= 11 is 0. The second-order valence-corrected chi connectivity index (χ2v) is 4.81. The Morgan fingerprint density at radius 2 is 1.88 bits per heavy atom. The van der Waals surface area contributed by atoms with E-state index in [-0.39, 0.29) is 0 Å². The molecule has 0 atom stereocenters. The number of nitrogens with one attached hydrogen (secondary N) is 1. The number of nitrogens with zero attached hydrogens (tertiary/aromatic N) is 3. The van der Waals surface area contributed by atoms with E-state index >= 15 is 0 Å². The summed E-state index contributed by atoms with van der Waals surface area (Å²) in [6.07, 6.45) is 5.03. The predicted molar refractivity (Wildman–Crippen MR) is 64.9 cm³/mol. The predicted octanol–water partition coefficient (Wildman–Crippen LogP) is 0.708. The Kier molecular flexibility index (Phi) is 2.59. The van der Waals surface area contributed by atoms with Crippen LogP contribution in [0.5, 0.6) is 0 Å². The second kappa shape index (κ2) is 4.09. The highest BCUT2D eigenvalue weighted by atomic mass is 15.3. The molecule has 0 bridgehead atoms. The van der Waals surface area contributed by atoms with Crippen LogP contribution in [-0.2, 0) is 19.9 Å². The topological polar surface area (TPSA) is 33.1 Å². The Bertz CT molecular complexity index is 377. The van der Waals surface area contributed by atoms with Crippen molar-refractivity contribution in [3.63, 3.8) is 0 Å². The molecule has 1 fully saturated rings. The number of aromatic nitrogens is 2. The molecule has 0 unspecified atom stereocenters. The van der Waals surface area contributed by atoms with E-state index in [0.29, 0.717) is 0 Å². The summed E-state index contributed by atoms with van der Waals surface area (Å²) in [6.45, 7) is 4.34. The van der Waals surface area contributed by atoms with E-state index in [1.807, 2.05) is 0 Å². The largest absolute Gasteiger partial charge is 0.340 e. The fraction of sp³-hybridized carbons (Fsp3) is 0.750. The van der Waals surface area contributed by atoms with Crippen molar-refractivity contribution in [1.82, 2.24) is 14.9 Å². The number of aryl methyl sites for hydroxylation is 1. The highest BCUT2D eigenvalue weighted by molar-refractivity contribution is 5.38. The van der Waals surface area contributed by atoms with Gasteiger partial charge in [-0.3, -0.25) is 0 Å². The van der Waals surface area contributed by atoms with Crippen LogP contribution < -0.4 is 10.2 Å². The Balaban J connectivity index is 1.91. The van der Waals surface area contributed by atoms with Crippen LogP contribution in [0.4, 0.5) is 5.95 Å². The number of rotatable bonds is 1. The molecule has 1 aliphatic carbocycles. The number of anilines is 1. The van der Waals surface area contributed by atoms with Gasteiger partial charge in [0.25, 0.3) is 0 Å². The van der Waals surface area contributed by atoms with Crippen molar-refractivity contribution in [2.24, 2.45) is 7.05 Å². The Hall–Kier alpha value is -1.03. The summed E-state index contributed by atoms with van der Waals surface area (Å²) in [5, 5.41) is 3.39. The molecule has 0 radical (unpaired) electrons. The van der Waals surface area contributed by atoms with Gasteiger partial charge in [-0.2, -0.15) is 0 Å². The third-order valence-electron chi connectivity index (χ3n) is 3.75. The van der Waals surface area contributed by atoms with Crippen LogP contribution in [0.1, 0.15) is 24.2 Å². The summed E-state index contributed by atoms with van der Waals surface area (Å²) in [5.41, 5.74) is 2.82. The van der Waals surface area contributed by atoms with Crippen LogP contribution >= 0.6 is 0 Å². The smallest absolute Gasteiger partial charge is 0.205 e. The van der Waals surface area contributed by atoms with E-state index < -0.39 is 0 Å². The van der Waals surface area contributed by atoms with Crippen molar-refractivity contribution in [2.45, 2.75) is 25.7 Å². The first kappa shape index (κ1) is 10.1. The normalized spacial score (nSPS) is 20.9. The third kappa shape index (κ3) is 1.61. The van der Waals surface area contributed by atoms with Crippen LogP contribution in [0.3, 0.4) is 0 Å². The molecule has 1 N–H and O–H groups in total. The molecule has 0 amide bonds. The number of piperazine rings is 1. The molecule has 4 heteroatoms. The Labute approximate surface area is 96.7 Å². The van der Waals surface area contributed by atoms with Crippen molar-refractivity contribution in [3.8, 4) is 0 Å². The molecule has 1 aromatic heterocycles. The van der Waals surface area contributed by atoms with E-state index in [9.17, 15) is 0 Å². The average molecular weight is 220 g/mol. The van der Waals surface area contributed by atoms with Crippen LogP contribution in [0.25, 0.3) is 0 Å². The zero-order valence-corrected chi connectivity index (χ0v) is 10.00. The molecular formula is C12H20N4. The highest BCUT2D eigenvalue weighted by Crippen LogP contribution is 2.25. The molecule has 2 aliphatic rings. The minimum atomic E-state index is 1.08. The van der Waals surface area contributed by atoms with Gasteiger partial charge in [-0.25, -0.2) is 4.98 Å². The summed E-state index contributed by atoms with van der Waals surface area (Å²) < 4.78 is 2.32. The standard InChI is InChI=1S/C12H20N4/c1-15-11-5-3-2-4-10(11)14-12(15)16-8-6-13-7-9-16/h13H,2-9H2,1H3. The fourth-order valence-electron chi connectivity index (χ4n) is 2.82. The molecule has 0 spiro atoms. The van der Waals surface area contributed by atoms with Gasteiger partial charge in [-0.15, -0.1) is 0 Å². The molecule has 2 heterocycles. The van der Waals surface area contributed by atoms with E-state index in [1.165, 1.54) is 43.0 Å². The lowest BCUT2D eigenvalue weighted by Gasteiger charge is -2.28. The van der Waals surface area contributed by atoms with Crippen molar-refractivity contribution in [2.75, 3.05) is 31.1 Å². The quantitative estimate of drug-likeness (QED) is 0.756. The van der Waals surface area contributed by atoms with Crippen LogP contribution in [0, 0.1) is 0 Å². The minimum Gasteiger partial charge on any atom is -0.340 e. The molecular weight excluding hydrogens is 200 g/mol. The summed E-state index contributed by atoms with van der Waals surface area (Å²) in [5.74, 6) is 1.19. The highest BCUT2D eigenvalue weighted by Gasteiger charge is 2.22. The summed E-state index contributed by atoms with van der Waals surface area (Å²) in [6, 6.07) is 0. The zero-order valence-electron chi connectivity index (χ0n) is 10.00. The molecule has 1 saturated heterocycles. The molecule has 1 aromatic rings. The SMILES string of the molecule is Cn1c(N2CCNCC2)nc2c1CCCC2. The van der Waals surface area contributed by atoms with Crippen molar-refractivity contribution < 1.29 is 0 Å². The summed E-state index contributed by atoms with van der Waals surface area (Å²) in [4.78, 5) is 7.25. The number of hydrogen-bond donors (Lipinski definition) is 1. The van der Waals surface area contributed by atoms with Gasteiger partial charge in [0.15, 0.2) is 0 Å². The van der Waals surface area contributed by atoms with Crippen LogP contribution in [-0.4, -0.2) is 35.7 Å². The average Bonchev–Trinajstić information content (AvgIpc) is 2.69. The lowest BCUT2D eigenvalue weighted by molar-refractivity contribution is 0.571. The van der Waals surface area contributed by atoms with Gasteiger partial charge in [0, 0.05) is 38.9 Å². The van der Waals surface area contributed by atoms with E-state index in [1.54, 1.807) is 0 Å². The molecule has 3 rings (SSSR count). The van der Waals surface area contributed by atoms with Crippen LogP contribution in [0.15, 0.2) is 0 Å². The molecule has 4 nitrogen and oxygen atoms in total. The van der Waals surface area contributed by atoms with Gasteiger partial charge in [0.1, 0.15) is 0 Å². The van der Waals surface area contributed by atoms with Crippen molar-refractivity contribution in [3.05, 3.63) is 11.4 Å². The maximum absolute atomic E-state index is 4.84. The van der Waals surface area contributed by atoms with E-state index in [4.69, 9.17) is 4.98 Å². The van der Waals surface area contributed by atoms with Gasteiger partial charge < -0.3 is 14.8 Å². The summed E-state index contributed by atoms with van der Waals surface area (Å²) in [7, 11) is 2.18. The zero-order chi connectivity index (χ0) is 11.0. The first-order valence-corrected chi connectivity index (χ1v) is 6.36. The molecule has 1 aliphatic heterocycles. The first-order chi connectivity index (χ1) is 7.86. The monoisotopic (exact) mass is 220 g/mol. The van der Waals surface area contributed by atoms with Gasteiger partial charge in [0.05, 0.1) is 5.69 Å². The lowest BCUT2D eigenvalue weighted by atomic mass is 10.0. The molecule has 0 aromatic carbocycles. The van der Waals surface area contributed by atoms with Gasteiger partial charge in [0.2, 0.25) is 5.95 Å². The minimum absolute atomic E-state index is 1.08. The van der Waals surface area contributed by atoms with E-state index in [0.717, 1.165) is 26.2 Å². The van der Waals surface area contributed by atoms with E-state index in [2.05, 4.69) is 21.8 Å². The molecule has 0 saturated carbocycles. The molecule has 88 valence electrons. The number of imidazole rings is 1. The van der Waals surface area contributed by atoms with Gasteiger partial charge >= 0.3 is 0 Å². The third-order valence-corrected chi connectivity index (χ3v) is 3.75. The lowest BCUT2D eigenvalue weighted by Crippen LogP contribution is -2.44. The number of fused-ring (bicyclic) bond motifs is 1. The van der Waals surface area contributed by atoms with Gasteiger partial charge in [-0.05, 0) is 25.7 Å². The van der Waals surface area contributed by atoms with Crippen molar-refractivity contribution >= 4 is 5.95 Å². The Morgan fingerprint density at radius 3 is 2.62 bits per heavy atom. The Morgan fingerprint density at radius 1 is 1.12 bits per heavy atom. The first-order valence-electron chi connectivity index (χ1n) is 6.36. The maximum atomic E-state index is 4.84. The van der Waals surface area contributed by atoms with Crippen LogP contribution in [0.2, 0.25) is 0 Å².